The summed E-state index contributed by atoms with van der Waals surface area (Å²) in [5, 5.41) is -0.679. The molecule has 0 aliphatic heterocycles. The SMILES string of the molecule is O=S(=O)(Nc1c(F)cc(C#Cc2ccccc2)cc1F)c1cccc(F)c1Cl. The van der Waals surface area contributed by atoms with E-state index in [0.717, 1.165) is 30.3 Å². The van der Waals surface area contributed by atoms with Gasteiger partial charge in [-0.15, -0.1) is 0 Å². The summed E-state index contributed by atoms with van der Waals surface area (Å²) in [4.78, 5) is -0.638. The fourth-order valence-corrected chi connectivity index (χ4v) is 3.89. The Bertz CT molecular complexity index is 1180. The molecule has 3 rings (SSSR count). The normalized spacial score (nSPS) is 10.9. The van der Waals surface area contributed by atoms with Gasteiger partial charge >= 0.3 is 0 Å². The molecule has 3 aromatic carbocycles. The lowest BCUT2D eigenvalue weighted by atomic mass is 10.1. The molecule has 0 aliphatic rings. The maximum atomic E-state index is 14.3. The molecule has 0 fully saturated rings. The number of anilines is 1. The molecule has 0 unspecified atom stereocenters. The van der Waals surface area contributed by atoms with Gasteiger partial charge in [0.15, 0.2) is 11.6 Å². The number of rotatable bonds is 3. The minimum absolute atomic E-state index is 0.0191. The zero-order valence-electron chi connectivity index (χ0n) is 14.0. The van der Waals surface area contributed by atoms with E-state index in [-0.39, 0.29) is 5.56 Å². The van der Waals surface area contributed by atoms with Gasteiger partial charge in [0, 0.05) is 11.1 Å². The van der Waals surface area contributed by atoms with Crippen molar-refractivity contribution in [1.82, 2.24) is 0 Å². The number of hydrogen-bond donors (Lipinski definition) is 1. The highest BCUT2D eigenvalue weighted by molar-refractivity contribution is 7.92. The van der Waals surface area contributed by atoms with Crippen molar-refractivity contribution in [2.45, 2.75) is 4.90 Å². The molecular formula is C20H11ClF3NO2S. The van der Waals surface area contributed by atoms with Crippen LogP contribution >= 0.6 is 11.6 Å². The molecule has 0 atom stereocenters. The third-order valence-electron chi connectivity index (χ3n) is 3.61. The first kappa shape index (κ1) is 19.8. The molecule has 0 spiro atoms. The summed E-state index contributed by atoms with van der Waals surface area (Å²) in [5.41, 5.74) is -0.245. The number of halogens is 4. The Labute approximate surface area is 164 Å². The van der Waals surface area contributed by atoms with E-state index in [0.29, 0.717) is 5.56 Å². The Morgan fingerprint density at radius 2 is 1.39 bits per heavy atom. The van der Waals surface area contributed by atoms with Crippen molar-refractivity contribution in [2.24, 2.45) is 0 Å². The zero-order chi connectivity index (χ0) is 20.3. The maximum Gasteiger partial charge on any atom is 0.263 e. The maximum absolute atomic E-state index is 14.3. The van der Waals surface area contributed by atoms with Gasteiger partial charge in [0.2, 0.25) is 0 Å². The average molecular weight is 422 g/mol. The van der Waals surface area contributed by atoms with E-state index in [2.05, 4.69) is 11.8 Å². The molecule has 3 nitrogen and oxygen atoms in total. The highest BCUT2D eigenvalue weighted by atomic mass is 35.5. The lowest BCUT2D eigenvalue weighted by Crippen LogP contribution is -2.16. The number of sulfonamides is 1. The molecule has 1 N–H and O–H groups in total. The summed E-state index contributed by atoms with van der Waals surface area (Å²) < 4.78 is 68.6. The van der Waals surface area contributed by atoms with Gasteiger partial charge in [0.1, 0.15) is 16.4 Å². The predicted octanol–water partition coefficient (Wildman–Crippen LogP) is 4.96. The fraction of sp³-hybridized carbons (Fsp3) is 0. The summed E-state index contributed by atoms with van der Waals surface area (Å²) in [6.07, 6.45) is 0. The Hall–Kier alpha value is -2.95. The van der Waals surface area contributed by atoms with Crippen LogP contribution in [0.2, 0.25) is 5.02 Å². The van der Waals surface area contributed by atoms with Gasteiger partial charge in [-0.3, -0.25) is 4.72 Å². The quantitative estimate of drug-likeness (QED) is 0.608. The van der Waals surface area contributed by atoms with Crippen molar-refractivity contribution in [1.29, 1.82) is 0 Å². The van der Waals surface area contributed by atoms with E-state index < -0.39 is 43.1 Å². The zero-order valence-corrected chi connectivity index (χ0v) is 15.6. The molecule has 8 heteroatoms. The van der Waals surface area contributed by atoms with Crippen LogP contribution < -0.4 is 4.72 Å². The monoisotopic (exact) mass is 421 g/mol. The summed E-state index contributed by atoms with van der Waals surface area (Å²) >= 11 is 5.65. The number of nitrogens with one attached hydrogen (secondary N) is 1. The van der Waals surface area contributed by atoms with Crippen LogP contribution in [0, 0.1) is 29.3 Å². The van der Waals surface area contributed by atoms with Crippen molar-refractivity contribution >= 4 is 27.3 Å². The first-order chi connectivity index (χ1) is 13.3. The molecule has 0 bridgehead atoms. The van der Waals surface area contributed by atoms with E-state index in [4.69, 9.17) is 11.6 Å². The van der Waals surface area contributed by atoms with Crippen LogP contribution in [0.3, 0.4) is 0 Å². The minimum Gasteiger partial charge on any atom is -0.274 e. The Morgan fingerprint density at radius 1 is 0.786 bits per heavy atom. The second-order valence-electron chi connectivity index (χ2n) is 5.59. The number of hydrogen-bond acceptors (Lipinski definition) is 2. The average Bonchev–Trinajstić information content (AvgIpc) is 2.66. The van der Waals surface area contributed by atoms with Crippen LogP contribution in [0.1, 0.15) is 11.1 Å². The lowest BCUT2D eigenvalue weighted by Gasteiger charge is -2.11. The molecule has 0 amide bonds. The predicted molar refractivity (Wildman–Crippen MR) is 101 cm³/mol. The van der Waals surface area contributed by atoms with E-state index in [9.17, 15) is 21.6 Å². The summed E-state index contributed by atoms with van der Waals surface area (Å²) in [6, 6.07) is 13.7. The molecule has 0 heterocycles. The third-order valence-corrected chi connectivity index (χ3v) is 5.50. The van der Waals surface area contributed by atoms with Crippen LogP contribution in [0.25, 0.3) is 0 Å². The van der Waals surface area contributed by atoms with E-state index >= 15 is 0 Å². The van der Waals surface area contributed by atoms with Crippen molar-refractivity contribution in [3.63, 3.8) is 0 Å². The molecule has 0 radical (unpaired) electrons. The fourth-order valence-electron chi connectivity index (χ4n) is 2.29. The van der Waals surface area contributed by atoms with E-state index in [1.165, 1.54) is 0 Å². The lowest BCUT2D eigenvalue weighted by molar-refractivity contribution is 0.581. The van der Waals surface area contributed by atoms with Crippen LogP contribution in [0.5, 0.6) is 0 Å². The van der Waals surface area contributed by atoms with Gasteiger partial charge < -0.3 is 0 Å². The molecule has 142 valence electrons. The largest absolute Gasteiger partial charge is 0.274 e. The highest BCUT2D eigenvalue weighted by Gasteiger charge is 2.23. The summed E-state index contributed by atoms with van der Waals surface area (Å²) in [7, 11) is -4.52. The minimum atomic E-state index is -4.52. The van der Waals surface area contributed by atoms with Crippen LogP contribution in [-0.4, -0.2) is 8.42 Å². The van der Waals surface area contributed by atoms with Crippen molar-refractivity contribution in [3.05, 3.63) is 94.3 Å². The number of benzene rings is 3. The van der Waals surface area contributed by atoms with Crippen molar-refractivity contribution in [2.75, 3.05) is 4.72 Å². The van der Waals surface area contributed by atoms with E-state index in [1.807, 2.05) is 0 Å². The third kappa shape index (κ3) is 4.30. The van der Waals surface area contributed by atoms with Crippen LogP contribution in [0.15, 0.2) is 65.6 Å². The Morgan fingerprint density at radius 3 is 2.04 bits per heavy atom. The standard InChI is InChI=1S/C20H11ClF3NO2S/c21-19-15(22)7-4-8-18(19)28(26,27)25-20-16(23)11-14(12-17(20)24)10-9-13-5-2-1-3-6-13/h1-8,11-12,25H. The van der Waals surface area contributed by atoms with Crippen molar-refractivity contribution < 1.29 is 21.6 Å². The smallest absolute Gasteiger partial charge is 0.263 e. The molecule has 0 aromatic heterocycles. The van der Waals surface area contributed by atoms with Crippen molar-refractivity contribution in [3.8, 4) is 11.8 Å². The van der Waals surface area contributed by atoms with Crippen LogP contribution in [-0.2, 0) is 10.0 Å². The van der Waals surface area contributed by atoms with Gasteiger partial charge in [0.25, 0.3) is 10.0 Å². The van der Waals surface area contributed by atoms with E-state index in [1.54, 1.807) is 35.1 Å². The summed E-state index contributed by atoms with van der Waals surface area (Å²) in [6.45, 7) is 0. The topological polar surface area (TPSA) is 46.2 Å². The first-order valence-corrected chi connectivity index (χ1v) is 9.67. The molecule has 0 saturated heterocycles. The molecule has 0 aliphatic carbocycles. The molecular weight excluding hydrogens is 411 g/mol. The molecule has 3 aromatic rings. The van der Waals surface area contributed by atoms with Gasteiger partial charge in [-0.05, 0) is 36.4 Å². The summed E-state index contributed by atoms with van der Waals surface area (Å²) in [5.74, 6) is 2.02. The Kier molecular flexibility index (Phi) is 5.63. The van der Waals surface area contributed by atoms with Gasteiger partial charge in [-0.25, -0.2) is 21.6 Å². The molecule has 28 heavy (non-hydrogen) atoms. The second kappa shape index (κ2) is 7.97. The van der Waals surface area contributed by atoms with Gasteiger partial charge in [-0.2, -0.15) is 0 Å². The second-order valence-corrected chi connectivity index (χ2v) is 7.62. The van der Waals surface area contributed by atoms with Gasteiger partial charge in [-0.1, -0.05) is 47.7 Å². The first-order valence-electron chi connectivity index (χ1n) is 7.81. The Balaban J connectivity index is 1.94. The van der Waals surface area contributed by atoms with Crippen LogP contribution in [0.4, 0.5) is 18.9 Å². The highest BCUT2D eigenvalue weighted by Crippen LogP contribution is 2.28. The van der Waals surface area contributed by atoms with Gasteiger partial charge in [0.05, 0.1) is 5.02 Å². The molecule has 0 saturated carbocycles.